The third kappa shape index (κ3) is 2.30. The van der Waals surface area contributed by atoms with E-state index in [1.807, 2.05) is 6.07 Å². The molecule has 0 radical (unpaired) electrons. The number of nitrogen functional groups attached to an aromatic ring is 1. The molecule has 104 valence electrons. The molecule has 0 fully saturated rings. The minimum Gasteiger partial charge on any atom is -0.481 e. The molecule has 2 aromatic heterocycles. The summed E-state index contributed by atoms with van der Waals surface area (Å²) in [5.74, 6) is 7.53. The first-order chi connectivity index (χ1) is 9.81. The van der Waals surface area contributed by atoms with E-state index in [2.05, 4.69) is 20.4 Å². The maximum Gasteiger partial charge on any atom is 0.212 e. The van der Waals surface area contributed by atoms with E-state index >= 15 is 0 Å². The molecule has 0 spiro atoms. The molecule has 0 amide bonds. The number of hydrazine groups is 1. The number of hydrogen-bond donors (Lipinski definition) is 2. The van der Waals surface area contributed by atoms with Gasteiger partial charge in [0.25, 0.3) is 0 Å². The SMILES string of the molecule is COc1ccc(-c2nc3c(c(NN)n2)CCCC3)cn1. The lowest BCUT2D eigenvalue weighted by Gasteiger charge is -2.18. The molecule has 3 N–H and O–H groups in total. The molecule has 2 aromatic rings. The first-order valence-electron chi connectivity index (χ1n) is 6.68. The van der Waals surface area contributed by atoms with Crippen molar-refractivity contribution in [2.75, 3.05) is 12.5 Å². The van der Waals surface area contributed by atoms with E-state index in [0.717, 1.165) is 48.3 Å². The van der Waals surface area contributed by atoms with Crippen molar-refractivity contribution in [1.82, 2.24) is 15.0 Å². The molecule has 2 heterocycles. The molecule has 1 aliphatic rings. The fraction of sp³-hybridized carbons (Fsp3) is 0.357. The maximum absolute atomic E-state index is 5.59. The van der Waals surface area contributed by atoms with Gasteiger partial charge >= 0.3 is 0 Å². The number of nitrogens with one attached hydrogen (secondary N) is 1. The standard InChI is InChI=1S/C14H17N5O/c1-20-12-7-6-9(8-16-12)13-17-11-5-3-2-4-10(11)14(18-13)19-15/h6-8H,2-5,15H2,1H3,(H,17,18,19). The lowest BCUT2D eigenvalue weighted by atomic mass is 9.96. The van der Waals surface area contributed by atoms with Gasteiger partial charge in [-0.3, -0.25) is 0 Å². The Labute approximate surface area is 117 Å². The van der Waals surface area contributed by atoms with Crippen LogP contribution in [0, 0.1) is 0 Å². The van der Waals surface area contributed by atoms with Crippen LogP contribution in [0.2, 0.25) is 0 Å². The Balaban J connectivity index is 2.04. The van der Waals surface area contributed by atoms with Gasteiger partial charge in [0.15, 0.2) is 5.82 Å². The van der Waals surface area contributed by atoms with Crippen LogP contribution in [0.15, 0.2) is 18.3 Å². The quantitative estimate of drug-likeness (QED) is 0.653. The summed E-state index contributed by atoms with van der Waals surface area (Å²) in [7, 11) is 1.59. The Morgan fingerprint density at radius 2 is 2.05 bits per heavy atom. The summed E-state index contributed by atoms with van der Waals surface area (Å²) in [6.45, 7) is 0. The van der Waals surface area contributed by atoms with Crippen molar-refractivity contribution in [2.45, 2.75) is 25.7 Å². The zero-order chi connectivity index (χ0) is 13.9. The number of anilines is 1. The molecule has 0 atom stereocenters. The maximum atomic E-state index is 5.59. The molecular formula is C14H17N5O. The number of hydrogen-bond acceptors (Lipinski definition) is 6. The zero-order valence-electron chi connectivity index (χ0n) is 11.4. The van der Waals surface area contributed by atoms with Crippen molar-refractivity contribution in [3.63, 3.8) is 0 Å². The number of ether oxygens (including phenoxy) is 1. The van der Waals surface area contributed by atoms with Crippen LogP contribution < -0.4 is 16.0 Å². The number of fused-ring (bicyclic) bond motifs is 1. The summed E-state index contributed by atoms with van der Waals surface area (Å²) in [6.07, 6.45) is 5.99. The van der Waals surface area contributed by atoms with Crippen LogP contribution in [-0.4, -0.2) is 22.1 Å². The second kappa shape index (κ2) is 5.42. The number of nitrogens with zero attached hydrogens (tertiary/aromatic N) is 3. The number of rotatable bonds is 3. The second-order valence-electron chi connectivity index (χ2n) is 4.76. The molecule has 3 rings (SSSR count). The highest BCUT2D eigenvalue weighted by atomic mass is 16.5. The second-order valence-corrected chi connectivity index (χ2v) is 4.76. The summed E-state index contributed by atoms with van der Waals surface area (Å²) in [6, 6.07) is 3.70. The van der Waals surface area contributed by atoms with Gasteiger partial charge in [0.1, 0.15) is 5.82 Å². The van der Waals surface area contributed by atoms with Crippen LogP contribution >= 0.6 is 0 Å². The van der Waals surface area contributed by atoms with Crippen molar-refractivity contribution in [2.24, 2.45) is 5.84 Å². The van der Waals surface area contributed by atoms with Gasteiger partial charge in [0.05, 0.1) is 7.11 Å². The van der Waals surface area contributed by atoms with Crippen LogP contribution in [0.3, 0.4) is 0 Å². The minimum atomic E-state index is 0.573. The number of pyridine rings is 1. The van der Waals surface area contributed by atoms with Gasteiger partial charge in [0, 0.05) is 29.1 Å². The van der Waals surface area contributed by atoms with Gasteiger partial charge in [-0.1, -0.05) is 0 Å². The number of aromatic nitrogens is 3. The third-order valence-corrected chi connectivity index (χ3v) is 3.52. The van der Waals surface area contributed by atoms with Crippen LogP contribution in [0.4, 0.5) is 5.82 Å². The lowest BCUT2D eigenvalue weighted by Crippen LogP contribution is -2.17. The smallest absolute Gasteiger partial charge is 0.212 e. The van der Waals surface area contributed by atoms with E-state index in [-0.39, 0.29) is 0 Å². The fourth-order valence-corrected chi connectivity index (χ4v) is 2.48. The lowest BCUT2D eigenvalue weighted by molar-refractivity contribution is 0.398. The van der Waals surface area contributed by atoms with E-state index in [1.54, 1.807) is 19.4 Å². The van der Waals surface area contributed by atoms with Gasteiger partial charge < -0.3 is 10.2 Å². The van der Waals surface area contributed by atoms with E-state index in [0.29, 0.717) is 11.7 Å². The van der Waals surface area contributed by atoms with Crippen molar-refractivity contribution in [3.05, 3.63) is 29.6 Å². The highest BCUT2D eigenvalue weighted by Crippen LogP contribution is 2.28. The number of methoxy groups -OCH3 is 1. The first-order valence-corrected chi connectivity index (χ1v) is 6.68. The van der Waals surface area contributed by atoms with Crippen LogP contribution in [-0.2, 0) is 12.8 Å². The molecular weight excluding hydrogens is 254 g/mol. The summed E-state index contributed by atoms with van der Waals surface area (Å²) in [4.78, 5) is 13.3. The molecule has 0 bridgehead atoms. The summed E-state index contributed by atoms with van der Waals surface area (Å²) < 4.78 is 5.06. The molecule has 6 nitrogen and oxygen atoms in total. The van der Waals surface area contributed by atoms with Gasteiger partial charge in [0.2, 0.25) is 5.88 Å². The van der Waals surface area contributed by atoms with Crippen molar-refractivity contribution in [1.29, 1.82) is 0 Å². The normalized spacial score (nSPS) is 13.7. The van der Waals surface area contributed by atoms with E-state index in [9.17, 15) is 0 Å². The topological polar surface area (TPSA) is 86.0 Å². The van der Waals surface area contributed by atoms with Crippen molar-refractivity contribution < 1.29 is 4.74 Å². The van der Waals surface area contributed by atoms with E-state index in [4.69, 9.17) is 10.6 Å². The average Bonchev–Trinajstić information content (AvgIpc) is 2.54. The monoisotopic (exact) mass is 271 g/mol. The number of aryl methyl sites for hydroxylation is 1. The Hall–Kier alpha value is -2.21. The molecule has 0 aromatic carbocycles. The molecule has 0 saturated heterocycles. The Morgan fingerprint density at radius 3 is 2.75 bits per heavy atom. The van der Waals surface area contributed by atoms with Gasteiger partial charge in [-0.05, 0) is 31.7 Å². The molecule has 0 saturated carbocycles. The summed E-state index contributed by atoms with van der Waals surface area (Å²) >= 11 is 0. The summed E-state index contributed by atoms with van der Waals surface area (Å²) in [5.41, 5.74) is 5.78. The summed E-state index contributed by atoms with van der Waals surface area (Å²) in [5, 5.41) is 0. The molecule has 0 aliphatic heterocycles. The van der Waals surface area contributed by atoms with Crippen molar-refractivity contribution in [3.8, 4) is 17.3 Å². The Kier molecular flexibility index (Phi) is 3.47. The van der Waals surface area contributed by atoms with Crippen molar-refractivity contribution >= 4 is 5.82 Å². The van der Waals surface area contributed by atoms with E-state index < -0.39 is 0 Å². The molecule has 6 heteroatoms. The van der Waals surface area contributed by atoms with Crippen LogP contribution in [0.1, 0.15) is 24.1 Å². The predicted molar refractivity (Wildman–Crippen MR) is 76.3 cm³/mol. The Morgan fingerprint density at radius 1 is 1.20 bits per heavy atom. The highest BCUT2D eigenvalue weighted by Gasteiger charge is 2.18. The molecule has 1 aliphatic carbocycles. The first kappa shape index (κ1) is 12.8. The van der Waals surface area contributed by atoms with Gasteiger partial charge in [-0.15, -0.1) is 0 Å². The third-order valence-electron chi connectivity index (χ3n) is 3.52. The van der Waals surface area contributed by atoms with Gasteiger partial charge in [-0.2, -0.15) is 0 Å². The number of nitrogens with two attached hydrogens (primary N) is 1. The molecule has 20 heavy (non-hydrogen) atoms. The largest absolute Gasteiger partial charge is 0.481 e. The van der Waals surface area contributed by atoms with E-state index in [1.165, 1.54) is 0 Å². The average molecular weight is 271 g/mol. The Bertz CT molecular complexity index is 594. The predicted octanol–water partition coefficient (Wildman–Crippen LogP) is 1.71. The van der Waals surface area contributed by atoms with Crippen LogP contribution in [0.5, 0.6) is 5.88 Å². The zero-order valence-corrected chi connectivity index (χ0v) is 11.4. The van der Waals surface area contributed by atoms with Gasteiger partial charge in [-0.25, -0.2) is 20.8 Å². The molecule has 0 unspecified atom stereocenters. The highest BCUT2D eigenvalue weighted by molar-refractivity contribution is 5.59. The minimum absolute atomic E-state index is 0.573. The fourth-order valence-electron chi connectivity index (χ4n) is 2.48. The van der Waals surface area contributed by atoms with Crippen LogP contribution in [0.25, 0.3) is 11.4 Å².